The van der Waals surface area contributed by atoms with E-state index in [4.69, 9.17) is 9.47 Å². The van der Waals surface area contributed by atoms with Crippen molar-refractivity contribution in [3.05, 3.63) is 35.4 Å². The average molecular weight is 376 g/mol. The lowest BCUT2D eigenvalue weighted by Crippen LogP contribution is -2.49. The average Bonchev–Trinajstić information content (AvgIpc) is 2.92. The molecule has 0 unspecified atom stereocenters. The van der Waals surface area contributed by atoms with Crippen molar-refractivity contribution in [2.24, 2.45) is 5.92 Å². The fourth-order valence-electron chi connectivity index (χ4n) is 2.84. The minimum Gasteiger partial charge on any atom is -0.454 e. The molecular formula is C19H24N2O6. The van der Waals surface area contributed by atoms with E-state index in [0.717, 1.165) is 4.90 Å². The van der Waals surface area contributed by atoms with Crippen molar-refractivity contribution in [2.75, 3.05) is 26.9 Å². The van der Waals surface area contributed by atoms with Crippen LogP contribution in [0.5, 0.6) is 0 Å². The van der Waals surface area contributed by atoms with Crippen molar-refractivity contribution in [1.29, 1.82) is 0 Å². The lowest BCUT2D eigenvalue weighted by atomic mass is 9.97. The highest BCUT2D eigenvalue weighted by molar-refractivity contribution is 6.22. The number of esters is 1. The van der Waals surface area contributed by atoms with E-state index in [0.29, 0.717) is 19.6 Å². The van der Waals surface area contributed by atoms with Gasteiger partial charge in [-0.2, -0.15) is 0 Å². The third-order valence-corrected chi connectivity index (χ3v) is 4.50. The maximum atomic E-state index is 12.7. The third-order valence-electron chi connectivity index (χ3n) is 4.50. The van der Waals surface area contributed by atoms with E-state index in [2.05, 4.69) is 5.32 Å². The summed E-state index contributed by atoms with van der Waals surface area (Å²) >= 11 is 0. The molecule has 0 radical (unpaired) electrons. The highest BCUT2D eigenvalue weighted by Gasteiger charge is 2.45. The van der Waals surface area contributed by atoms with Crippen LogP contribution in [0.2, 0.25) is 0 Å². The van der Waals surface area contributed by atoms with E-state index in [1.54, 1.807) is 31.2 Å². The fourth-order valence-corrected chi connectivity index (χ4v) is 2.84. The molecule has 8 nitrogen and oxygen atoms in total. The molecule has 1 aromatic carbocycles. The Morgan fingerprint density at radius 2 is 1.74 bits per heavy atom. The fraction of sp³-hybridized carbons (Fsp3) is 0.474. The van der Waals surface area contributed by atoms with Gasteiger partial charge >= 0.3 is 5.97 Å². The SMILES string of the molecule is CC[C@H](C)[C@@H](C(=O)OCC(=O)NCCOC)N1C(=O)c2ccccc2C1=O. The Bertz CT molecular complexity index is 698. The summed E-state index contributed by atoms with van der Waals surface area (Å²) in [4.78, 5) is 50.7. The first-order valence-corrected chi connectivity index (χ1v) is 8.81. The van der Waals surface area contributed by atoms with E-state index >= 15 is 0 Å². The molecule has 0 saturated heterocycles. The Labute approximate surface area is 157 Å². The van der Waals surface area contributed by atoms with E-state index in [1.165, 1.54) is 7.11 Å². The summed E-state index contributed by atoms with van der Waals surface area (Å²) in [6, 6.07) is 5.34. The predicted octanol–water partition coefficient (Wildman–Crippen LogP) is 1.00. The van der Waals surface area contributed by atoms with Gasteiger partial charge in [-0.05, 0) is 18.1 Å². The number of hydrogen-bond donors (Lipinski definition) is 1. The van der Waals surface area contributed by atoms with Crippen LogP contribution in [0.4, 0.5) is 0 Å². The molecule has 0 spiro atoms. The number of amides is 3. The lowest BCUT2D eigenvalue weighted by molar-refractivity contribution is -0.154. The second kappa shape index (κ2) is 9.27. The maximum absolute atomic E-state index is 12.7. The summed E-state index contributed by atoms with van der Waals surface area (Å²) < 4.78 is 9.91. The summed E-state index contributed by atoms with van der Waals surface area (Å²) in [5.41, 5.74) is 0.529. The van der Waals surface area contributed by atoms with Crippen molar-refractivity contribution < 1.29 is 28.7 Å². The van der Waals surface area contributed by atoms with Gasteiger partial charge in [-0.25, -0.2) is 4.79 Å². The number of carbonyl (C=O) groups excluding carboxylic acids is 4. The number of hydrogen-bond acceptors (Lipinski definition) is 6. The van der Waals surface area contributed by atoms with Crippen molar-refractivity contribution in [3.8, 4) is 0 Å². The maximum Gasteiger partial charge on any atom is 0.330 e. The first-order valence-electron chi connectivity index (χ1n) is 8.81. The third kappa shape index (κ3) is 4.51. The van der Waals surface area contributed by atoms with Gasteiger partial charge in [0.1, 0.15) is 6.04 Å². The first kappa shape index (κ1) is 20.6. The van der Waals surface area contributed by atoms with Gasteiger partial charge in [-0.1, -0.05) is 32.4 Å². The van der Waals surface area contributed by atoms with Crippen molar-refractivity contribution in [2.45, 2.75) is 26.3 Å². The molecule has 0 fully saturated rings. The number of methoxy groups -OCH3 is 1. The van der Waals surface area contributed by atoms with E-state index < -0.39 is 36.3 Å². The molecule has 146 valence electrons. The molecule has 2 atom stereocenters. The minimum atomic E-state index is -1.09. The van der Waals surface area contributed by atoms with E-state index in [-0.39, 0.29) is 17.0 Å². The summed E-state index contributed by atoms with van der Waals surface area (Å²) in [5, 5.41) is 2.53. The normalized spacial score (nSPS) is 15.3. The number of ether oxygens (including phenoxy) is 2. The molecule has 1 N–H and O–H groups in total. The topological polar surface area (TPSA) is 102 Å². The summed E-state index contributed by atoms with van der Waals surface area (Å²) in [7, 11) is 1.50. The highest BCUT2D eigenvalue weighted by Crippen LogP contribution is 2.28. The quantitative estimate of drug-likeness (QED) is 0.392. The number of nitrogens with zero attached hydrogens (tertiary/aromatic N) is 1. The van der Waals surface area contributed by atoms with Gasteiger partial charge in [0.25, 0.3) is 17.7 Å². The number of rotatable bonds is 9. The Balaban J connectivity index is 2.12. The van der Waals surface area contributed by atoms with Crippen LogP contribution in [0, 0.1) is 5.92 Å². The Morgan fingerprint density at radius 1 is 1.15 bits per heavy atom. The number of carbonyl (C=O) groups is 4. The van der Waals surface area contributed by atoms with Crippen LogP contribution in [-0.4, -0.2) is 61.5 Å². The van der Waals surface area contributed by atoms with Crippen LogP contribution in [0.25, 0.3) is 0 Å². The Kier molecular flexibility index (Phi) is 7.06. The molecule has 2 rings (SSSR count). The number of nitrogens with one attached hydrogen (secondary N) is 1. The zero-order valence-corrected chi connectivity index (χ0v) is 15.7. The molecule has 0 aliphatic carbocycles. The minimum absolute atomic E-state index is 0.265. The molecule has 1 aliphatic rings. The van der Waals surface area contributed by atoms with Gasteiger partial charge in [0.05, 0.1) is 17.7 Å². The molecular weight excluding hydrogens is 352 g/mol. The number of imide groups is 1. The Morgan fingerprint density at radius 3 is 2.26 bits per heavy atom. The number of fused-ring (bicyclic) bond motifs is 1. The van der Waals surface area contributed by atoms with Crippen molar-refractivity contribution >= 4 is 23.7 Å². The van der Waals surface area contributed by atoms with Crippen molar-refractivity contribution in [1.82, 2.24) is 10.2 Å². The smallest absolute Gasteiger partial charge is 0.330 e. The van der Waals surface area contributed by atoms with Gasteiger partial charge in [0.2, 0.25) is 0 Å². The van der Waals surface area contributed by atoms with Crippen molar-refractivity contribution in [3.63, 3.8) is 0 Å². The Hall–Kier alpha value is -2.74. The van der Waals surface area contributed by atoms with E-state index in [9.17, 15) is 19.2 Å². The van der Waals surface area contributed by atoms with Gasteiger partial charge < -0.3 is 14.8 Å². The van der Waals surface area contributed by atoms with Gasteiger partial charge in [-0.3, -0.25) is 19.3 Å². The second-order valence-electron chi connectivity index (χ2n) is 6.31. The molecule has 1 aliphatic heterocycles. The van der Waals surface area contributed by atoms with Gasteiger partial charge in [-0.15, -0.1) is 0 Å². The monoisotopic (exact) mass is 376 g/mol. The van der Waals surface area contributed by atoms with Gasteiger partial charge in [0, 0.05) is 13.7 Å². The second-order valence-corrected chi connectivity index (χ2v) is 6.31. The zero-order valence-electron chi connectivity index (χ0n) is 15.7. The molecule has 27 heavy (non-hydrogen) atoms. The lowest BCUT2D eigenvalue weighted by Gasteiger charge is -2.28. The number of benzene rings is 1. The van der Waals surface area contributed by atoms with Crippen LogP contribution >= 0.6 is 0 Å². The van der Waals surface area contributed by atoms with Crippen LogP contribution in [0.3, 0.4) is 0 Å². The molecule has 8 heteroatoms. The van der Waals surface area contributed by atoms with Crippen LogP contribution < -0.4 is 5.32 Å². The molecule has 0 saturated carbocycles. The zero-order chi connectivity index (χ0) is 20.0. The van der Waals surface area contributed by atoms with Gasteiger partial charge in [0.15, 0.2) is 6.61 Å². The highest BCUT2D eigenvalue weighted by atomic mass is 16.5. The largest absolute Gasteiger partial charge is 0.454 e. The van der Waals surface area contributed by atoms with Crippen LogP contribution in [-0.2, 0) is 19.1 Å². The van der Waals surface area contributed by atoms with Crippen LogP contribution in [0.15, 0.2) is 24.3 Å². The first-order chi connectivity index (χ1) is 12.9. The summed E-state index contributed by atoms with van der Waals surface area (Å²) in [5.74, 6) is -2.63. The van der Waals surface area contributed by atoms with Crippen LogP contribution in [0.1, 0.15) is 41.0 Å². The molecule has 1 aromatic rings. The standard InChI is InChI=1S/C19H24N2O6/c1-4-12(2)16(19(25)27-11-15(22)20-9-10-26-3)21-17(23)13-7-5-6-8-14(13)18(21)24/h5-8,12,16H,4,9-11H2,1-3H3,(H,20,22)/t12-,16-/m0/s1. The molecule has 3 amide bonds. The summed E-state index contributed by atoms with van der Waals surface area (Å²) in [6.07, 6.45) is 0.549. The molecule has 0 bridgehead atoms. The predicted molar refractivity (Wildman–Crippen MR) is 96.0 cm³/mol. The molecule has 1 heterocycles. The molecule has 0 aromatic heterocycles. The summed E-state index contributed by atoms with van der Waals surface area (Å²) in [6.45, 7) is 3.75. The van der Waals surface area contributed by atoms with E-state index in [1.807, 2.05) is 6.92 Å².